The summed E-state index contributed by atoms with van der Waals surface area (Å²) in [6.45, 7) is 0. The number of hydrogen-bond acceptors (Lipinski definition) is 6. The zero-order valence-corrected chi connectivity index (χ0v) is 10.6. The number of amides is 1. The number of aromatic amines is 1. The van der Waals surface area contributed by atoms with Crippen molar-refractivity contribution in [2.24, 2.45) is 5.84 Å². The predicted molar refractivity (Wildman–Crippen MR) is 72.5 cm³/mol. The van der Waals surface area contributed by atoms with Crippen molar-refractivity contribution in [3.63, 3.8) is 0 Å². The lowest BCUT2D eigenvalue weighted by molar-refractivity contribution is -0.384. The predicted octanol–water partition coefficient (Wildman–Crippen LogP) is 1.51. The van der Waals surface area contributed by atoms with Crippen LogP contribution in [0.3, 0.4) is 0 Å². The summed E-state index contributed by atoms with van der Waals surface area (Å²) in [5.41, 5.74) is 2.14. The number of rotatable bonds is 4. The van der Waals surface area contributed by atoms with Gasteiger partial charge in [0.15, 0.2) is 0 Å². The van der Waals surface area contributed by atoms with Gasteiger partial charge in [0.25, 0.3) is 11.6 Å². The van der Waals surface area contributed by atoms with Crippen LogP contribution in [0.4, 0.5) is 17.1 Å². The first-order chi connectivity index (χ1) is 9.52. The first-order valence-corrected chi connectivity index (χ1v) is 5.65. The van der Waals surface area contributed by atoms with Crippen LogP contribution in [-0.4, -0.2) is 21.0 Å². The molecule has 1 aromatic carbocycles. The van der Waals surface area contributed by atoms with Gasteiger partial charge in [0, 0.05) is 17.8 Å². The van der Waals surface area contributed by atoms with Crippen molar-refractivity contribution in [2.45, 2.75) is 0 Å². The van der Waals surface area contributed by atoms with Crippen LogP contribution in [0.15, 0.2) is 24.5 Å². The van der Waals surface area contributed by atoms with E-state index in [4.69, 9.17) is 17.4 Å². The summed E-state index contributed by atoms with van der Waals surface area (Å²) in [6.07, 6.45) is 2.85. The first-order valence-electron chi connectivity index (χ1n) is 5.27. The third kappa shape index (κ3) is 2.68. The number of carbonyl (C=O) groups excluding carboxylic acids is 1. The van der Waals surface area contributed by atoms with Gasteiger partial charge in [-0.25, -0.2) is 0 Å². The van der Waals surface area contributed by atoms with Crippen LogP contribution in [-0.2, 0) is 0 Å². The van der Waals surface area contributed by atoms with E-state index in [1.165, 1.54) is 18.5 Å². The fourth-order valence-electron chi connectivity index (χ4n) is 1.53. The number of H-pyrrole nitrogens is 1. The molecule has 0 saturated carbocycles. The van der Waals surface area contributed by atoms with Gasteiger partial charge in [0.2, 0.25) is 0 Å². The Morgan fingerprint density at radius 1 is 1.50 bits per heavy atom. The molecule has 20 heavy (non-hydrogen) atoms. The second kappa shape index (κ2) is 5.55. The van der Waals surface area contributed by atoms with E-state index in [9.17, 15) is 14.9 Å². The number of nitro groups is 1. The number of nitrogens with two attached hydrogens (primary N) is 1. The Morgan fingerprint density at radius 3 is 2.80 bits per heavy atom. The second-order valence-corrected chi connectivity index (χ2v) is 4.10. The van der Waals surface area contributed by atoms with Crippen molar-refractivity contribution < 1.29 is 9.72 Å². The van der Waals surface area contributed by atoms with Crippen LogP contribution in [0.1, 0.15) is 10.4 Å². The highest BCUT2D eigenvalue weighted by molar-refractivity contribution is 6.34. The van der Waals surface area contributed by atoms with E-state index >= 15 is 0 Å². The molecular formula is C10H9ClN6O3. The Hall–Kier alpha value is -2.65. The molecular weight excluding hydrogens is 288 g/mol. The monoisotopic (exact) mass is 296 g/mol. The number of halogens is 1. The van der Waals surface area contributed by atoms with Crippen molar-refractivity contribution >= 4 is 34.6 Å². The molecule has 0 aliphatic carbocycles. The number of nitrogen functional groups attached to an aromatic ring is 1. The number of aromatic nitrogens is 2. The maximum Gasteiger partial charge on any atom is 0.295 e. The molecule has 2 aromatic rings. The third-order valence-corrected chi connectivity index (χ3v) is 2.73. The standard InChI is InChI=1S/C10H9ClN6O3/c11-7-1-5(2-8(17(19)20)9(7)16-12)10(18)15-6-3-13-14-4-6/h1-4,16H,12H2,(H,13,14)(H,15,18). The smallest absolute Gasteiger partial charge is 0.295 e. The van der Waals surface area contributed by atoms with E-state index in [1.807, 2.05) is 0 Å². The lowest BCUT2D eigenvalue weighted by Gasteiger charge is -2.07. The van der Waals surface area contributed by atoms with Gasteiger partial charge in [-0.2, -0.15) is 5.10 Å². The summed E-state index contributed by atoms with van der Waals surface area (Å²) in [7, 11) is 0. The highest BCUT2D eigenvalue weighted by atomic mass is 35.5. The van der Waals surface area contributed by atoms with E-state index in [1.54, 1.807) is 0 Å². The molecule has 0 fully saturated rings. The highest BCUT2D eigenvalue weighted by Crippen LogP contribution is 2.33. The Kier molecular flexibility index (Phi) is 3.82. The molecule has 0 bridgehead atoms. The van der Waals surface area contributed by atoms with Crippen molar-refractivity contribution in [3.8, 4) is 0 Å². The molecule has 0 saturated heterocycles. The first kappa shape index (κ1) is 13.8. The van der Waals surface area contributed by atoms with E-state index in [0.29, 0.717) is 5.69 Å². The number of hydrazine groups is 1. The zero-order chi connectivity index (χ0) is 14.7. The number of nitrogens with zero attached hydrogens (tertiary/aromatic N) is 2. The number of benzene rings is 1. The Balaban J connectivity index is 2.37. The van der Waals surface area contributed by atoms with Crippen LogP contribution < -0.4 is 16.6 Å². The summed E-state index contributed by atoms with van der Waals surface area (Å²) >= 11 is 5.86. The van der Waals surface area contributed by atoms with E-state index in [0.717, 1.165) is 6.07 Å². The van der Waals surface area contributed by atoms with Crippen LogP contribution in [0.2, 0.25) is 5.02 Å². The van der Waals surface area contributed by atoms with Crippen molar-refractivity contribution in [1.29, 1.82) is 0 Å². The SMILES string of the molecule is NNc1c(Cl)cc(C(=O)Nc2cn[nH]c2)cc1[N+](=O)[O-]. The van der Waals surface area contributed by atoms with Gasteiger partial charge >= 0.3 is 0 Å². The van der Waals surface area contributed by atoms with Gasteiger partial charge < -0.3 is 10.7 Å². The van der Waals surface area contributed by atoms with Crippen LogP contribution in [0.25, 0.3) is 0 Å². The molecule has 0 radical (unpaired) electrons. The molecule has 1 amide bonds. The lowest BCUT2D eigenvalue weighted by Crippen LogP contribution is -2.14. The van der Waals surface area contributed by atoms with Gasteiger partial charge in [0.05, 0.1) is 21.8 Å². The normalized spacial score (nSPS) is 10.1. The van der Waals surface area contributed by atoms with E-state index < -0.39 is 16.5 Å². The second-order valence-electron chi connectivity index (χ2n) is 3.69. The lowest BCUT2D eigenvalue weighted by atomic mass is 10.1. The minimum atomic E-state index is -0.685. The molecule has 5 N–H and O–H groups in total. The summed E-state index contributed by atoms with van der Waals surface area (Å²) in [4.78, 5) is 22.2. The summed E-state index contributed by atoms with van der Waals surface area (Å²) in [5, 5.41) is 19.6. The summed E-state index contributed by atoms with van der Waals surface area (Å²) in [5.74, 6) is 4.62. The van der Waals surface area contributed by atoms with Gasteiger partial charge in [-0.3, -0.25) is 25.9 Å². The molecule has 0 unspecified atom stereocenters. The number of nitro benzene ring substituents is 1. The summed E-state index contributed by atoms with van der Waals surface area (Å²) in [6, 6.07) is 2.36. The average Bonchev–Trinajstić information content (AvgIpc) is 2.90. The molecule has 1 aromatic heterocycles. The quantitative estimate of drug-likeness (QED) is 0.383. The maximum atomic E-state index is 12.0. The van der Waals surface area contributed by atoms with Crippen LogP contribution in [0.5, 0.6) is 0 Å². The Bertz CT molecular complexity index is 657. The molecule has 1 heterocycles. The highest BCUT2D eigenvalue weighted by Gasteiger charge is 2.21. The third-order valence-electron chi connectivity index (χ3n) is 2.43. The number of nitrogens with one attached hydrogen (secondary N) is 3. The number of anilines is 2. The number of carbonyl (C=O) groups is 1. The molecule has 0 atom stereocenters. The van der Waals surface area contributed by atoms with Gasteiger partial charge in [-0.05, 0) is 6.07 Å². The van der Waals surface area contributed by atoms with Crippen LogP contribution >= 0.6 is 11.6 Å². The topological polar surface area (TPSA) is 139 Å². The molecule has 104 valence electrons. The van der Waals surface area contributed by atoms with Crippen molar-refractivity contribution in [2.75, 3.05) is 10.7 Å². The molecule has 0 spiro atoms. The van der Waals surface area contributed by atoms with Gasteiger partial charge in [-0.15, -0.1) is 0 Å². The maximum absolute atomic E-state index is 12.0. The zero-order valence-electron chi connectivity index (χ0n) is 9.88. The average molecular weight is 297 g/mol. The van der Waals surface area contributed by atoms with Gasteiger partial charge in [-0.1, -0.05) is 11.6 Å². The number of hydrogen-bond donors (Lipinski definition) is 4. The van der Waals surface area contributed by atoms with Crippen molar-refractivity contribution in [1.82, 2.24) is 10.2 Å². The fraction of sp³-hybridized carbons (Fsp3) is 0. The molecule has 0 aliphatic rings. The van der Waals surface area contributed by atoms with E-state index in [-0.39, 0.29) is 16.3 Å². The largest absolute Gasteiger partial charge is 0.319 e. The summed E-state index contributed by atoms with van der Waals surface area (Å²) < 4.78 is 0. The molecule has 2 rings (SSSR count). The van der Waals surface area contributed by atoms with Crippen LogP contribution in [0, 0.1) is 10.1 Å². The molecule has 10 heteroatoms. The van der Waals surface area contributed by atoms with E-state index in [2.05, 4.69) is 20.9 Å². The minimum absolute atomic E-state index is 0.0287. The van der Waals surface area contributed by atoms with Gasteiger partial charge in [0.1, 0.15) is 5.69 Å². The van der Waals surface area contributed by atoms with Crippen molar-refractivity contribution in [3.05, 3.63) is 45.2 Å². The Labute approximate surface area is 117 Å². The fourth-order valence-corrected chi connectivity index (χ4v) is 1.80. The minimum Gasteiger partial charge on any atom is -0.319 e. The molecule has 9 nitrogen and oxygen atoms in total. The molecule has 0 aliphatic heterocycles. The Morgan fingerprint density at radius 2 is 2.25 bits per heavy atom.